The number of amides is 1. The topological polar surface area (TPSA) is 29.5 Å². The summed E-state index contributed by atoms with van der Waals surface area (Å²) in [6, 6.07) is 0. The second-order valence-corrected chi connectivity index (χ2v) is 8.23. The number of alkyl halides is 1. The quantitative estimate of drug-likeness (QED) is 0.734. The van der Waals surface area contributed by atoms with E-state index in [1.54, 1.807) is 0 Å². The van der Waals surface area contributed by atoms with Crippen LogP contribution in [0.15, 0.2) is 0 Å². The maximum Gasteiger partial charge on any atom is 0.226 e. The SMILES string of the molecule is CC1CN(C(=O)C2C3CC4CC(C3)CC2C4)CC(CCl)O1. The second-order valence-electron chi connectivity index (χ2n) is 7.92. The van der Waals surface area contributed by atoms with Gasteiger partial charge in [-0.25, -0.2) is 0 Å². The Morgan fingerprint density at radius 2 is 1.71 bits per heavy atom. The number of ether oxygens (including phenoxy) is 1. The van der Waals surface area contributed by atoms with Gasteiger partial charge in [0.15, 0.2) is 0 Å². The van der Waals surface area contributed by atoms with E-state index in [4.69, 9.17) is 16.3 Å². The van der Waals surface area contributed by atoms with E-state index >= 15 is 0 Å². The number of halogens is 1. The monoisotopic (exact) mass is 311 g/mol. The highest BCUT2D eigenvalue weighted by Crippen LogP contribution is 2.56. The van der Waals surface area contributed by atoms with E-state index in [-0.39, 0.29) is 12.2 Å². The van der Waals surface area contributed by atoms with Gasteiger partial charge in [0.2, 0.25) is 5.91 Å². The normalized spacial score (nSPS) is 48.7. The zero-order valence-electron chi connectivity index (χ0n) is 12.8. The lowest BCUT2D eigenvalue weighted by atomic mass is 9.51. The first-order valence-corrected chi connectivity index (χ1v) is 9.17. The van der Waals surface area contributed by atoms with Crippen molar-refractivity contribution in [2.24, 2.45) is 29.6 Å². The van der Waals surface area contributed by atoms with E-state index < -0.39 is 0 Å². The molecule has 5 rings (SSSR count). The van der Waals surface area contributed by atoms with Crippen molar-refractivity contribution in [3.8, 4) is 0 Å². The summed E-state index contributed by atoms with van der Waals surface area (Å²) in [6.07, 6.45) is 6.80. The van der Waals surface area contributed by atoms with Gasteiger partial charge in [0.1, 0.15) is 0 Å². The van der Waals surface area contributed by atoms with Crippen LogP contribution in [0.5, 0.6) is 0 Å². The first-order chi connectivity index (χ1) is 10.1. The number of hydrogen-bond acceptors (Lipinski definition) is 2. The molecule has 1 aliphatic heterocycles. The Labute approximate surface area is 132 Å². The molecule has 1 amide bonds. The van der Waals surface area contributed by atoms with Gasteiger partial charge >= 0.3 is 0 Å². The molecule has 0 radical (unpaired) electrons. The Hall–Kier alpha value is -0.280. The van der Waals surface area contributed by atoms with Gasteiger partial charge in [0.25, 0.3) is 0 Å². The predicted octanol–water partition coefficient (Wildman–Crippen LogP) is 2.91. The van der Waals surface area contributed by atoms with Gasteiger partial charge in [-0.1, -0.05) is 0 Å². The largest absolute Gasteiger partial charge is 0.370 e. The molecule has 4 bridgehead atoms. The molecule has 4 saturated carbocycles. The number of morpholine rings is 1. The third kappa shape index (κ3) is 2.50. The van der Waals surface area contributed by atoms with Crippen molar-refractivity contribution in [1.29, 1.82) is 0 Å². The van der Waals surface area contributed by atoms with Crippen LogP contribution in [-0.4, -0.2) is 42.0 Å². The first kappa shape index (κ1) is 14.3. The third-order valence-electron chi connectivity index (χ3n) is 6.32. The van der Waals surface area contributed by atoms with Crippen LogP contribution in [0.1, 0.15) is 39.0 Å². The van der Waals surface area contributed by atoms with E-state index in [1.807, 2.05) is 0 Å². The molecule has 5 fully saturated rings. The zero-order chi connectivity index (χ0) is 14.6. The molecule has 0 aromatic rings. The van der Waals surface area contributed by atoms with Gasteiger partial charge in [-0.05, 0) is 62.7 Å². The number of carbonyl (C=O) groups excluding carboxylic acids is 1. The Morgan fingerprint density at radius 3 is 2.29 bits per heavy atom. The molecule has 4 aliphatic carbocycles. The van der Waals surface area contributed by atoms with Crippen molar-refractivity contribution in [3.63, 3.8) is 0 Å². The van der Waals surface area contributed by atoms with Crippen molar-refractivity contribution < 1.29 is 9.53 Å². The molecule has 3 nitrogen and oxygen atoms in total. The predicted molar refractivity (Wildman–Crippen MR) is 82.2 cm³/mol. The van der Waals surface area contributed by atoms with Crippen LogP contribution < -0.4 is 0 Å². The third-order valence-corrected chi connectivity index (χ3v) is 6.67. The van der Waals surface area contributed by atoms with Crippen LogP contribution in [0.4, 0.5) is 0 Å². The Bertz CT molecular complexity index is 399. The fourth-order valence-electron chi connectivity index (χ4n) is 5.85. The molecule has 5 aliphatic rings. The van der Waals surface area contributed by atoms with Crippen molar-refractivity contribution in [1.82, 2.24) is 4.90 Å². The molecule has 1 saturated heterocycles. The fraction of sp³-hybridized carbons (Fsp3) is 0.941. The average molecular weight is 312 g/mol. The molecule has 2 unspecified atom stereocenters. The molecule has 21 heavy (non-hydrogen) atoms. The van der Waals surface area contributed by atoms with E-state index in [0.29, 0.717) is 36.1 Å². The van der Waals surface area contributed by atoms with Crippen molar-refractivity contribution >= 4 is 17.5 Å². The zero-order valence-corrected chi connectivity index (χ0v) is 13.6. The average Bonchev–Trinajstić information content (AvgIpc) is 2.45. The summed E-state index contributed by atoms with van der Waals surface area (Å²) in [5.41, 5.74) is 0. The van der Waals surface area contributed by atoms with Gasteiger partial charge in [-0.2, -0.15) is 0 Å². The minimum absolute atomic E-state index is 0.0104. The van der Waals surface area contributed by atoms with Crippen LogP contribution in [-0.2, 0) is 9.53 Å². The molecule has 1 heterocycles. The molecule has 118 valence electrons. The fourth-order valence-corrected chi connectivity index (χ4v) is 6.02. The highest BCUT2D eigenvalue weighted by Gasteiger charge is 2.51. The Morgan fingerprint density at radius 1 is 1.10 bits per heavy atom. The van der Waals surface area contributed by atoms with Crippen molar-refractivity contribution in [2.45, 2.75) is 51.2 Å². The standard InChI is InChI=1S/C17H26ClNO2/c1-10-8-19(9-15(7-18)21-10)17(20)16-13-3-11-2-12(5-13)6-14(16)4-11/h10-16H,2-9H2,1H3. The summed E-state index contributed by atoms with van der Waals surface area (Å²) >= 11 is 5.96. The number of carbonyl (C=O) groups is 1. The van der Waals surface area contributed by atoms with Crippen molar-refractivity contribution in [3.05, 3.63) is 0 Å². The lowest BCUT2D eigenvalue weighted by Gasteiger charge is -2.54. The van der Waals surface area contributed by atoms with Crippen LogP contribution in [0, 0.1) is 29.6 Å². The number of hydrogen-bond donors (Lipinski definition) is 0. The van der Waals surface area contributed by atoms with E-state index in [1.165, 1.54) is 32.1 Å². The molecule has 4 heteroatoms. The smallest absolute Gasteiger partial charge is 0.226 e. The van der Waals surface area contributed by atoms with Gasteiger partial charge in [-0.15, -0.1) is 11.6 Å². The van der Waals surface area contributed by atoms with E-state index in [2.05, 4.69) is 11.8 Å². The Balaban J connectivity index is 1.49. The molecule has 0 N–H and O–H groups in total. The lowest BCUT2D eigenvalue weighted by Crippen LogP contribution is -2.56. The first-order valence-electron chi connectivity index (χ1n) is 8.64. The summed E-state index contributed by atoms with van der Waals surface area (Å²) < 4.78 is 5.80. The molecule has 0 spiro atoms. The minimum atomic E-state index is 0.0104. The Kier molecular flexibility index (Phi) is 3.69. The lowest BCUT2D eigenvalue weighted by molar-refractivity contribution is -0.159. The molecule has 0 aromatic heterocycles. The summed E-state index contributed by atoms with van der Waals surface area (Å²) in [5, 5.41) is 0. The van der Waals surface area contributed by atoms with Crippen LogP contribution in [0.2, 0.25) is 0 Å². The summed E-state index contributed by atoms with van der Waals surface area (Å²) in [6.45, 7) is 3.49. The maximum absolute atomic E-state index is 13.1. The second kappa shape index (κ2) is 5.42. The van der Waals surface area contributed by atoms with E-state index in [9.17, 15) is 4.79 Å². The van der Waals surface area contributed by atoms with Crippen LogP contribution in [0.3, 0.4) is 0 Å². The van der Waals surface area contributed by atoms with Crippen molar-refractivity contribution in [2.75, 3.05) is 19.0 Å². The van der Waals surface area contributed by atoms with Crippen LogP contribution in [0.25, 0.3) is 0 Å². The summed E-state index contributed by atoms with van der Waals surface area (Å²) in [4.78, 5) is 15.2. The van der Waals surface area contributed by atoms with Crippen LogP contribution >= 0.6 is 11.6 Å². The minimum Gasteiger partial charge on any atom is -0.370 e. The molecular weight excluding hydrogens is 286 g/mol. The molecular formula is C17H26ClNO2. The van der Waals surface area contributed by atoms with Gasteiger partial charge in [0, 0.05) is 19.0 Å². The van der Waals surface area contributed by atoms with E-state index in [0.717, 1.165) is 18.4 Å². The maximum atomic E-state index is 13.1. The highest BCUT2D eigenvalue weighted by atomic mass is 35.5. The summed E-state index contributed by atoms with van der Waals surface area (Å²) in [5.74, 6) is 4.39. The number of nitrogens with zero attached hydrogens (tertiary/aromatic N) is 1. The van der Waals surface area contributed by atoms with Gasteiger partial charge in [0.05, 0.1) is 18.1 Å². The highest BCUT2D eigenvalue weighted by molar-refractivity contribution is 6.18. The molecule has 2 atom stereocenters. The van der Waals surface area contributed by atoms with Gasteiger partial charge < -0.3 is 9.64 Å². The summed E-state index contributed by atoms with van der Waals surface area (Å²) in [7, 11) is 0. The molecule has 0 aromatic carbocycles. The van der Waals surface area contributed by atoms with Gasteiger partial charge in [-0.3, -0.25) is 4.79 Å². The number of rotatable bonds is 2.